The Labute approximate surface area is 145 Å². The quantitative estimate of drug-likeness (QED) is 0.782. The number of para-hydroxylation sites is 2. The molecule has 2 aromatic carbocycles. The highest BCUT2D eigenvalue weighted by atomic mass is 16.2. The van der Waals surface area contributed by atoms with E-state index in [-0.39, 0.29) is 17.6 Å². The van der Waals surface area contributed by atoms with Crippen LogP contribution in [0.15, 0.2) is 53.3 Å². The summed E-state index contributed by atoms with van der Waals surface area (Å²) in [5.41, 5.74) is 3.62. The summed E-state index contributed by atoms with van der Waals surface area (Å²) in [6.45, 7) is 3.35. The lowest BCUT2D eigenvalue weighted by molar-refractivity contribution is 0.0695. The van der Waals surface area contributed by atoms with Crippen LogP contribution in [0.2, 0.25) is 0 Å². The van der Waals surface area contributed by atoms with Crippen LogP contribution in [0.3, 0.4) is 0 Å². The molecule has 5 heteroatoms. The summed E-state index contributed by atoms with van der Waals surface area (Å²) in [6, 6.07) is 15.6. The number of aryl methyl sites for hydroxylation is 1. The maximum atomic E-state index is 12.6. The molecule has 1 aromatic heterocycles. The zero-order valence-electron chi connectivity index (χ0n) is 14.2. The average molecular weight is 335 g/mol. The summed E-state index contributed by atoms with van der Waals surface area (Å²) in [5.74, 6) is 0.0738. The van der Waals surface area contributed by atoms with Gasteiger partial charge >= 0.3 is 5.69 Å². The zero-order valence-corrected chi connectivity index (χ0v) is 14.2. The van der Waals surface area contributed by atoms with E-state index in [1.165, 1.54) is 0 Å². The van der Waals surface area contributed by atoms with Gasteiger partial charge in [0, 0.05) is 24.7 Å². The maximum absolute atomic E-state index is 12.6. The molecule has 1 aliphatic rings. The fourth-order valence-corrected chi connectivity index (χ4v) is 3.64. The molecule has 2 heterocycles. The molecular formula is C20H21N3O2. The third kappa shape index (κ3) is 2.86. The third-order valence-electron chi connectivity index (χ3n) is 5.04. The van der Waals surface area contributed by atoms with Gasteiger partial charge in [0.1, 0.15) is 0 Å². The molecule has 0 saturated carbocycles. The van der Waals surface area contributed by atoms with Crippen LogP contribution in [-0.4, -0.2) is 33.4 Å². The minimum Gasteiger partial charge on any atom is -0.338 e. The molecular weight excluding hydrogens is 314 g/mol. The number of likely N-dealkylation sites (tertiary alicyclic amines) is 1. The van der Waals surface area contributed by atoms with E-state index in [0.29, 0.717) is 13.1 Å². The number of hydrogen-bond donors (Lipinski definition) is 1. The number of carbonyl (C=O) groups is 1. The summed E-state index contributed by atoms with van der Waals surface area (Å²) in [6.07, 6.45) is 1.58. The van der Waals surface area contributed by atoms with Crippen molar-refractivity contribution in [1.82, 2.24) is 14.5 Å². The van der Waals surface area contributed by atoms with Crippen LogP contribution in [0.5, 0.6) is 0 Å². The van der Waals surface area contributed by atoms with Crippen molar-refractivity contribution in [2.24, 2.45) is 0 Å². The van der Waals surface area contributed by atoms with Gasteiger partial charge in [0.25, 0.3) is 5.91 Å². The Kier molecular flexibility index (Phi) is 3.92. The Morgan fingerprint density at radius 1 is 1.04 bits per heavy atom. The van der Waals surface area contributed by atoms with Crippen molar-refractivity contribution in [2.45, 2.75) is 25.8 Å². The number of fused-ring (bicyclic) bond motifs is 1. The number of carbonyl (C=O) groups excluding carboxylic acids is 1. The molecule has 5 nitrogen and oxygen atoms in total. The Balaban J connectivity index is 1.51. The fraction of sp³-hybridized carbons (Fsp3) is 0.300. The van der Waals surface area contributed by atoms with Gasteiger partial charge < -0.3 is 9.88 Å². The molecule has 1 amide bonds. The Hall–Kier alpha value is -2.82. The lowest BCUT2D eigenvalue weighted by Gasteiger charge is -2.32. The molecule has 4 rings (SSSR count). The van der Waals surface area contributed by atoms with Crippen LogP contribution < -0.4 is 5.69 Å². The number of benzene rings is 2. The minimum atomic E-state index is -0.0653. The average Bonchev–Trinajstić information content (AvgIpc) is 2.97. The smallest absolute Gasteiger partial charge is 0.326 e. The van der Waals surface area contributed by atoms with Crippen LogP contribution >= 0.6 is 0 Å². The second kappa shape index (κ2) is 6.24. The molecule has 3 aromatic rings. The third-order valence-corrected chi connectivity index (χ3v) is 5.04. The SMILES string of the molecule is Cc1ccc(C(=O)N2CCC(n3c(=O)[nH]c4ccccc43)CC2)cc1. The van der Waals surface area contributed by atoms with Crippen molar-refractivity contribution in [1.29, 1.82) is 0 Å². The number of piperidine rings is 1. The number of rotatable bonds is 2. The summed E-state index contributed by atoms with van der Waals surface area (Å²) in [5, 5.41) is 0. The molecule has 0 spiro atoms. The predicted octanol–water partition coefficient (Wildman–Crippen LogP) is 3.12. The molecule has 128 valence electrons. The second-order valence-corrected chi connectivity index (χ2v) is 6.71. The highest BCUT2D eigenvalue weighted by Crippen LogP contribution is 2.25. The van der Waals surface area contributed by atoms with E-state index in [0.717, 1.165) is 35.0 Å². The van der Waals surface area contributed by atoms with Crippen molar-refractivity contribution in [3.8, 4) is 0 Å². The van der Waals surface area contributed by atoms with Gasteiger partial charge in [-0.05, 0) is 44.0 Å². The summed E-state index contributed by atoms with van der Waals surface area (Å²) >= 11 is 0. The van der Waals surface area contributed by atoms with Gasteiger partial charge in [-0.3, -0.25) is 9.36 Å². The first-order valence-electron chi connectivity index (χ1n) is 8.68. The van der Waals surface area contributed by atoms with Crippen LogP contribution in [-0.2, 0) is 0 Å². The molecule has 25 heavy (non-hydrogen) atoms. The van der Waals surface area contributed by atoms with Gasteiger partial charge in [0.15, 0.2) is 0 Å². The zero-order chi connectivity index (χ0) is 17.4. The topological polar surface area (TPSA) is 58.1 Å². The minimum absolute atomic E-state index is 0.0653. The summed E-state index contributed by atoms with van der Waals surface area (Å²) < 4.78 is 1.85. The highest BCUT2D eigenvalue weighted by Gasteiger charge is 2.26. The lowest BCUT2D eigenvalue weighted by atomic mass is 10.0. The van der Waals surface area contributed by atoms with Gasteiger partial charge in [-0.25, -0.2) is 4.79 Å². The fourth-order valence-electron chi connectivity index (χ4n) is 3.64. The van der Waals surface area contributed by atoms with Crippen molar-refractivity contribution in [3.05, 3.63) is 70.1 Å². The van der Waals surface area contributed by atoms with Crippen LogP contribution in [0.1, 0.15) is 34.8 Å². The van der Waals surface area contributed by atoms with Gasteiger partial charge in [-0.1, -0.05) is 29.8 Å². The first kappa shape index (κ1) is 15.7. The molecule has 1 fully saturated rings. The molecule has 0 aliphatic carbocycles. The van der Waals surface area contributed by atoms with Crippen LogP contribution in [0.25, 0.3) is 11.0 Å². The predicted molar refractivity (Wildman–Crippen MR) is 97.9 cm³/mol. The molecule has 0 unspecified atom stereocenters. The van der Waals surface area contributed by atoms with E-state index in [9.17, 15) is 9.59 Å². The summed E-state index contributed by atoms with van der Waals surface area (Å²) in [7, 11) is 0. The van der Waals surface area contributed by atoms with Crippen molar-refractivity contribution < 1.29 is 4.79 Å². The number of H-pyrrole nitrogens is 1. The van der Waals surface area contributed by atoms with E-state index in [1.54, 1.807) is 0 Å². The van der Waals surface area contributed by atoms with E-state index in [1.807, 2.05) is 64.9 Å². The number of nitrogens with one attached hydrogen (secondary N) is 1. The standard InChI is InChI=1S/C20H21N3O2/c1-14-6-8-15(9-7-14)19(24)22-12-10-16(11-13-22)23-18-5-3-2-4-17(18)21-20(23)25/h2-9,16H,10-13H2,1H3,(H,21,25). The van der Waals surface area contributed by atoms with Crippen molar-refractivity contribution in [2.75, 3.05) is 13.1 Å². The largest absolute Gasteiger partial charge is 0.338 e. The number of imidazole rings is 1. The molecule has 1 aliphatic heterocycles. The maximum Gasteiger partial charge on any atom is 0.326 e. The van der Waals surface area contributed by atoms with Crippen molar-refractivity contribution in [3.63, 3.8) is 0 Å². The second-order valence-electron chi connectivity index (χ2n) is 6.71. The number of aromatic amines is 1. The Morgan fingerprint density at radius 2 is 1.72 bits per heavy atom. The molecule has 0 radical (unpaired) electrons. The Bertz CT molecular complexity index is 961. The van der Waals surface area contributed by atoms with E-state index >= 15 is 0 Å². The molecule has 0 bridgehead atoms. The van der Waals surface area contributed by atoms with E-state index in [4.69, 9.17) is 0 Å². The van der Waals surface area contributed by atoms with Gasteiger partial charge in [0.2, 0.25) is 0 Å². The van der Waals surface area contributed by atoms with E-state index in [2.05, 4.69) is 4.98 Å². The van der Waals surface area contributed by atoms with Gasteiger partial charge in [-0.15, -0.1) is 0 Å². The number of aromatic nitrogens is 2. The molecule has 1 saturated heterocycles. The van der Waals surface area contributed by atoms with E-state index < -0.39 is 0 Å². The number of nitrogens with zero attached hydrogens (tertiary/aromatic N) is 2. The van der Waals surface area contributed by atoms with Gasteiger partial charge in [-0.2, -0.15) is 0 Å². The van der Waals surface area contributed by atoms with Crippen LogP contribution in [0.4, 0.5) is 0 Å². The molecule has 1 N–H and O–H groups in total. The molecule has 0 atom stereocenters. The summed E-state index contributed by atoms with van der Waals surface area (Å²) in [4.78, 5) is 29.8. The highest BCUT2D eigenvalue weighted by molar-refractivity contribution is 5.94. The monoisotopic (exact) mass is 335 g/mol. The number of amides is 1. The van der Waals surface area contributed by atoms with Gasteiger partial charge in [0.05, 0.1) is 11.0 Å². The number of hydrogen-bond acceptors (Lipinski definition) is 2. The Morgan fingerprint density at radius 3 is 2.44 bits per heavy atom. The first-order valence-corrected chi connectivity index (χ1v) is 8.68. The normalized spacial score (nSPS) is 15.6. The van der Waals surface area contributed by atoms with Crippen molar-refractivity contribution >= 4 is 16.9 Å². The first-order chi connectivity index (χ1) is 12.1. The lowest BCUT2D eigenvalue weighted by Crippen LogP contribution is -2.40. The van der Waals surface area contributed by atoms with Crippen LogP contribution in [0, 0.1) is 6.92 Å².